The van der Waals surface area contributed by atoms with E-state index in [1.165, 1.54) is 23.5 Å². The molecule has 0 fully saturated rings. The molecule has 0 unspecified atom stereocenters. The summed E-state index contributed by atoms with van der Waals surface area (Å²) in [6, 6.07) is 3.25. The van der Waals surface area contributed by atoms with Crippen LogP contribution in [0.3, 0.4) is 0 Å². The quantitative estimate of drug-likeness (QED) is 0.917. The maximum Gasteiger partial charge on any atom is 0.397 e. The Labute approximate surface area is 111 Å². The Hall–Kier alpha value is -2.45. The standard InChI is InChI=1S/C11H10F3N5O/c12-11(13,14)4-9(20)17-5-8-2-1-3-16-10(8)19-7-15-6-18-19/h1-3,6-7H,4-5H2,(H,17,20). The summed E-state index contributed by atoms with van der Waals surface area (Å²) >= 11 is 0. The van der Waals surface area contributed by atoms with Crippen LogP contribution in [0, 0.1) is 0 Å². The second-order valence-corrected chi connectivity index (χ2v) is 3.89. The molecule has 20 heavy (non-hydrogen) atoms. The zero-order valence-corrected chi connectivity index (χ0v) is 10.1. The van der Waals surface area contributed by atoms with Gasteiger partial charge in [-0.3, -0.25) is 4.79 Å². The summed E-state index contributed by atoms with van der Waals surface area (Å²) in [6.07, 6.45) is -1.80. The molecule has 1 amide bonds. The molecule has 0 atom stereocenters. The minimum absolute atomic E-state index is 0.0715. The molecule has 0 aliphatic rings. The number of aromatic nitrogens is 4. The van der Waals surface area contributed by atoms with Crippen LogP contribution in [0.15, 0.2) is 31.0 Å². The number of rotatable bonds is 4. The van der Waals surface area contributed by atoms with Crippen molar-refractivity contribution in [1.29, 1.82) is 0 Å². The van der Waals surface area contributed by atoms with Gasteiger partial charge in [-0.2, -0.15) is 18.3 Å². The Morgan fingerprint density at radius 2 is 2.20 bits per heavy atom. The summed E-state index contributed by atoms with van der Waals surface area (Å²) in [5, 5.41) is 6.08. The maximum absolute atomic E-state index is 12.0. The third kappa shape index (κ3) is 3.77. The molecule has 1 N–H and O–H groups in total. The summed E-state index contributed by atoms with van der Waals surface area (Å²) in [5.41, 5.74) is 0.536. The summed E-state index contributed by atoms with van der Waals surface area (Å²) in [5.74, 6) is -0.691. The average Bonchev–Trinajstić information content (AvgIpc) is 2.88. The molecule has 0 aromatic carbocycles. The van der Waals surface area contributed by atoms with Crippen molar-refractivity contribution in [3.8, 4) is 5.82 Å². The van der Waals surface area contributed by atoms with Crippen molar-refractivity contribution in [1.82, 2.24) is 25.1 Å². The van der Waals surface area contributed by atoms with Crippen molar-refractivity contribution in [3.05, 3.63) is 36.5 Å². The van der Waals surface area contributed by atoms with Gasteiger partial charge in [-0.25, -0.2) is 14.6 Å². The van der Waals surface area contributed by atoms with Crippen LogP contribution in [0.5, 0.6) is 0 Å². The number of pyridine rings is 1. The van der Waals surface area contributed by atoms with Crippen molar-refractivity contribution in [2.45, 2.75) is 19.1 Å². The molecule has 2 heterocycles. The van der Waals surface area contributed by atoms with E-state index in [4.69, 9.17) is 0 Å². The topological polar surface area (TPSA) is 72.7 Å². The second kappa shape index (κ2) is 5.68. The molecule has 0 saturated carbocycles. The van der Waals surface area contributed by atoms with Gasteiger partial charge in [0.25, 0.3) is 0 Å². The lowest BCUT2D eigenvalue weighted by Gasteiger charge is -2.10. The lowest BCUT2D eigenvalue weighted by atomic mass is 10.2. The molecule has 0 spiro atoms. The van der Waals surface area contributed by atoms with Crippen molar-refractivity contribution in [3.63, 3.8) is 0 Å². The molecule has 106 valence electrons. The highest BCUT2D eigenvalue weighted by atomic mass is 19.4. The van der Waals surface area contributed by atoms with E-state index in [1.54, 1.807) is 12.1 Å². The summed E-state index contributed by atoms with van der Waals surface area (Å²) in [7, 11) is 0. The Morgan fingerprint density at radius 3 is 2.85 bits per heavy atom. The van der Waals surface area contributed by atoms with Crippen LogP contribution in [-0.2, 0) is 11.3 Å². The largest absolute Gasteiger partial charge is 0.397 e. The van der Waals surface area contributed by atoms with Crippen LogP contribution in [0.4, 0.5) is 13.2 Å². The van der Waals surface area contributed by atoms with E-state index in [0.717, 1.165) is 0 Å². The lowest BCUT2D eigenvalue weighted by Crippen LogP contribution is -2.28. The predicted molar refractivity (Wildman–Crippen MR) is 61.7 cm³/mol. The highest BCUT2D eigenvalue weighted by molar-refractivity contribution is 5.76. The minimum Gasteiger partial charge on any atom is -0.352 e. The van der Waals surface area contributed by atoms with Crippen molar-refractivity contribution < 1.29 is 18.0 Å². The summed E-state index contributed by atoms with van der Waals surface area (Å²) < 4.78 is 37.5. The monoisotopic (exact) mass is 285 g/mol. The number of alkyl halides is 3. The Balaban J connectivity index is 2.06. The third-order valence-corrected chi connectivity index (χ3v) is 2.34. The van der Waals surface area contributed by atoms with Crippen molar-refractivity contribution in [2.24, 2.45) is 0 Å². The number of carbonyl (C=O) groups is 1. The number of nitrogens with one attached hydrogen (secondary N) is 1. The normalized spacial score (nSPS) is 11.3. The van der Waals surface area contributed by atoms with Crippen LogP contribution in [0.25, 0.3) is 5.82 Å². The van der Waals surface area contributed by atoms with Gasteiger partial charge < -0.3 is 5.32 Å². The number of nitrogens with zero attached hydrogens (tertiary/aromatic N) is 4. The Kier molecular flexibility index (Phi) is 3.97. The van der Waals surface area contributed by atoms with Crippen molar-refractivity contribution >= 4 is 5.91 Å². The molecule has 2 aromatic rings. The number of halogens is 3. The van der Waals surface area contributed by atoms with E-state index in [0.29, 0.717) is 11.4 Å². The molecular formula is C11H10F3N5O. The van der Waals surface area contributed by atoms with Crippen LogP contribution in [0.2, 0.25) is 0 Å². The van der Waals surface area contributed by atoms with Gasteiger partial charge in [-0.1, -0.05) is 6.07 Å². The molecular weight excluding hydrogens is 275 g/mol. The fourth-order valence-electron chi connectivity index (χ4n) is 1.53. The first-order valence-corrected chi connectivity index (χ1v) is 5.58. The van der Waals surface area contributed by atoms with Gasteiger partial charge in [0.05, 0.1) is 0 Å². The predicted octanol–water partition coefficient (Wildman–Crippen LogP) is 1.23. The molecule has 2 rings (SSSR count). The van der Waals surface area contributed by atoms with E-state index < -0.39 is 18.5 Å². The molecule has 6 nitrogen and oxygen atoms in total. The van der Waals surface area contributed by atoms with E-state index in [9.17, 15) is 18.0 Å². The number of hydrogen-bond acceptors (Lipinski definition) is 4. The van der Waals surface area contributed by atoms with Gasteiger partial charge >= 0.3 is 6.18 Å². The van der Waals surface area contributed by atoms with Crippen LogP contribution < -0.4 is 5.32 Å². The minimum atomic E-state index is -4.52. The highest BCUT2D eigenvalue weighted by Gasteiger charge is 2.31. The highest BCUT2D eigenvalue weighted by Crippen LogP contribution is 2.19. The van der Waals surface area contributed by atoms with Gasteiger partial charge in [0, 0.05) is 18.3 Å². The van der Waals surface area contributed by atoms with Crippen molar-refractivity contribution in [2.75, 3.05) is 0 Å². The van der Waals surface area contributed by atoms with Crippen LogP contribution >= 0.6 is 0 Å². The third-order valence-electron chi connectivity index (χ3n) is 2.34. The molecule has 0 radical (unpaired) electrons. The first kappa shape index (κ1) is 14.0. The summed E-state index contributed by atoms with van der Waals surface area (Å²) in [6.45, 7) is -0.0715. The SMILES string of the molecule is O=C(CC(F)(F)F)NCc1cccnc1-n1cncn1. The zero-order valence-electron chi connectivity index (χ0n) is 10.1. The summed E-state index contributed by atoms with van der Waals surface area (Å²) in [4.78, 5) is 19.0. The number of carbonyl (C=O) groups excluding carboxylic acids is 1. The van der Waals surface area contributed by atoms with Gasteiger partial charge in [-0.15, -0.1) is 0 Å². The first-order valence-electron chi connectivity index (χ1n) is 5.58. The molecule has 9 heteroatoms. The lowest BCUT2D eigenvalue weighted by molar-refractivity contribution is -0.153. The number of amides is 1. The van der Waals surface area contributed by atoms with E-state index in [1.807, 2.05) is 0 Å². The van der Waals surface area contributed by atoms with Gasteiger partial charge in [-0.05, 0) is 6.07 Å². The molecule has 2 aromatic heterocycles. The average molecular weight is 285 g/mol. The fraction of sp³-hybridized carbons (Fsp3) is 0.273. The van der Waals surface area contributed by atoms with Gasteiger partial charge in [0.2, 0.25) is 5.91 Å². The molecule has 0 aliphatic carbocycles. The Morgan fingerprint density at radius 1 is 1.40 bits per heavy atom. The van der Waals surface area contributed by atoms with Gasteiger partial charge in [0.15, 0.2) is 5.82 Å². The van der Waals surface area contributed by atoms with Crippen LogP contribution in [-0.4, -0.2) is 31.8 Å². The van der Waals surface area contributed by atoms with Crippen LogP contribution in [0.1, 0.15) is 12.0 Å². The van der Waals surface area contributed by atoms with E-state index in [2.05, 4.69) is 20.4 Å². The molecule has 0 aliphatic heterocycles. The smallest absolute Gasteiger partial charge is 0.352 e. The molecule has 0 saturated heterocycles. The second-order valence-electron chi connectivity index (χ2n) is 3.89. The number of hydrogen-bond donors (Lipinski definition) is 1. The van der Waals surface area contributed by atoms with E-state index in [-0.39, 0.29) is 6.54 Å². The first-order chi connectivity index (χ1) is 9.46. The Bertz CT molecular complexity index is 582. The maximum atomic E-state index is 12.0. The van der Waals surface area contributed by atoms with Gasteiger partial charge in [0.1, 0.15) is 19.1 Å². The molecule has 0 bridgehead atoms. The zero-order chi connectivity index (χ0) is 14.6. The van der Waals surface area contributed by atoms with E-state index >= 15 is 0 Å². The fourth-order valence-corrected chi connectivity index (χ4v) is 1.53.